The van der Waals surface area contributed by atoms with Gasteiger partial charge in [0.05, 0.1) is 22.2 Å². The summed E-state index contributed by atoms with van der Waals surface area (Å²) in [5, 5.41) is 15.8. The molecule has 1 aliphatic rings. The molecule has 1 fully saturated rings. The summed E-state index contributed by atoms with van der Waals surface area (Å²) in [6, 6.07) is 6.26. The van der Waals surface area contributed by atoms with E-state index in [1.165, 1.54) is 12.0 Å². The van der Waals surface area contributed by atoms with Gasteiger partial charge < -0.3 is 25.4 Å². The maximum absolute atomic E-state index is 13.2. The highest BCUT2D eigenvalue weighted by molar-refractivity contribution is 7.13. The van der Waals surface area contributed by atoms with Gasteiger partial charge in [0.1, 0.15) is 18.7 Å². The molecule has 3 amide bonds. The molecule has 0 spiro atoms. The third kappa shape index (κ3) is 6.19. The number of hydrogen-bond donors (Lipinski definition) is 3. The van der Waals surface area contributed by atoms with E-state index in [0.29, 0.717) is 6.54 Å². The summed E-state index contributed by atoms with van der Waals surface area (Å²) in [5.41, 5.74) is 4.78. The molecule has 0 radical (unpaired) electrons. The number of amides is 3. The summed E-state index contributed by atoms with van der Waals surface area (Å²) in [6.45, 7) is 5.78. The van der Waals surface area contributed by atoms with Crippen molar-refractivity contribution in [3.05, 3.63) is 41.0 Å². The number of ether oxygens (including phenoxy) is 1. The van der Waals surface area contributed by atoms with Crippen LogP contribution in [0, 0.1) is 12.8 Å². The predicted molar refractivity (Wildman–Crippen MR) is 129 cm³/mol. The molecule has 1 saturated heterocycles. The normalized spacial score (nSPS) is 18.7. The number of aliphatic hydroxyl groups excluding tert-OH is 1. The highest BCUT2D eigenvalue weighted by Crippen LogP contribution is 2.27. The van der Waals surface area contributed by atoms with Crippen molar-refractivity contribution >= 4 is 29.1 Å². The Kier molecular flexibility index (Phi) is 8.76. The van der Waals surface area contributed by atoms with Gasteiger partial charge >= 0.3 is 0 Å². The van der Waals surface area contributed by atoms with E-state index in [1.54, 1.807) is 11.3 Å². The molecule has 1 aromatic heterocycles. The lowest BCUT2D eigenvalue weighted by Crippen LogP contribution is -2.55. The van der Waals surface area contributed by atoms with Gasteiger partial charge in [-0.15, -0.1) is 11.3 Å². The summed E-state index contributed by atoms with van der Waals surface area (Å²) in [5.74, 6) is -1.33. The SMILES string of the molecule is COCC(=O)N[C@H](C(=O)N1C[C@H](O)C[C@H]1C(=O)NCc1ccc(-c2scnc2C)cc1)C(C)C. The van der Waals surface area contributed by atoms with Crippen LogP contribution in [0.3, 0.4) is 0 Å². The predicted octanol–water partition coefficient (Wildman–Crippen LogP) is 1.48. The molecule has 1 aromatic carbocycles. The fourth-order valence-corrected chi connectivity index (χ4v) is 4.82. The zero-order valence-electron chi connectivity index (χ0n) is 19.9. The van der Waals surface area contributed by atoms with Gasteiger partial charge in [0, 0.05) is 26.6 Å². The van der Waals surface area contributed by atoms with E-state index >= 15 is 0 Å². The largest absolute Gasteiger partial charge is 0.391 e. The Morgan fingerprint density at radius 3 is 2.56 bits per heavy atom. The number of benzene rings is 1. The average molecular weight is 489 g/mol. The topological polar surface area (TPSA) is 121 Å². The molecule has 0 aliphatic carbocycles. The minimum absolute atomic E-state index is 0.0448. The zero-order valence-corrected chi connectivity index (χ0v) is 20.7. The van der Waals surface area contributed by atoms with Crippen LogP contribution in [0.1, 0.15) is 31.5 Å². The molecule has 2 aromatic rings. The lowest BCUT2D eigenvalue weighted by Gasteiger charge is -2.30. The van der Waals surface area contributed by atoms with Crippen molar-refractivity contribution in [2.45, 2.75) is 51.9 Å². The standard InChI is InChI=1S/C24H32N4O5S/c1-14(2)21(27-20(30)12-33-4)24(32)28-11-18(29)9-19(28)23(31)25-10-16-5-7-17(8-6-16)22-15(3)26-13-34-22/h5-8,13-14,18-19,21,29H,9-12H2,1-4H3,(H,25,31)(H,27,30)/t18-,19+,21+/m1/s1. The van der Waals surface area contributed by atoms with Gasteiger partial charge in [-0.3, -0.25) is 14.4 Å². The summed E-state index contributed by atoms with van der Waals surface area (Å²) < 4.78 is 4.83. The molecule has 3 atom stereocenters. The third-order valence-corrected chi connectivity index (χ3v) is 6.80. The zero-order chi connectivity index (χ0) is 24.8. The van der Waals surface area contributed by atoms with Crippen molar-refractivity contribution in [3.63, 3.8) is 0 Å². The van der Waals surface area contributed by atoms with Crippen LogP contribution in [-0.2, 0) is 25.7 Å². The van der Waals surface area contributed by atoms with Crippen molar-refractivity contribution < 1.29 is 24.2 Å². The number of aliphatic hydroxyl groups is 1. The Morgan fingerprint density at radius 2 is 1.97 bits per heavy atom. The second kappa shape index (κ2) is 11.5. The van der Waals surface area contributed by atoms with E-state index in [-0.39, 0.29) is 37.3 Å². The van der Waals surface area contributed by atoms with Crippen LogP contribution in [0.5, 0.6) is 0 Å². The number of aryl methyl sites for hydroxylation is 1. The van der Waals surface area contributed by atoms with Crippen molar-refractivity contribution in [2.75, 3.05) is 20.3 Å². The number of carbonyl (C=O) groups excluding carboxylic acids is 3. The van der Waals surface area contributed by atoms with E-state index in [1.807, 2.05) is 50.5 Å². The van der Waals surface area contributed by atoms with Crippen LogP contribution in [0.25, 0.3) is 10.4 Å². The van der Waals surface area contributed by atoms with E-state index in [4.69, 9.17) is 4.74 Å². The number of nitrogens with zero attached hydrogens (tertiary/aromatic N) is 2. The molecular formula is C24H32N4O5S. The minimum atomic E-state index is -0.814. The monoisotopic (exact) mass is 488 g/mol. The van der Waals surface area contributed by atoms with Crippen molar-refractivity contribution in [2.24, 2.45) is 5.92 Å². The average Bonchev–Trinajstić information content (AvgIpc) is 3.41. The highest BCUT2D eigenvalue weighted by Gasteiger charge is 2.42. The van der Waals surface area contributed by atoms with Crippen molar-refractivity contribution in [3.8, 4) is 10.4 Å². The molecule has 0 unspecified atom stereocenters. The van der Waals surface area contributed by atoms with Crippen LogP contribution < -0.4 is 10.6 Å². The Balaban J connectivity index is 1.64. The molecule has 0 saturated carbocycles. The van der Waals surface area contributed by atoms with Crippen LogP contribution >= 0.6 is 11.3 Å². The molecule has 0 bridgehead atoms. The molecular weight excluding hydrogens is 456 g/mol. The molecule has 34 heavy (non-hydrogen) atoms. The summed E-state index contributed by atoms with van der Waals surface area (Å²) in [4.78, 5) is 44.9. The van der Waals surface area contributed by atoms with Crippen LogP contribution in [0.15, 0.2) is 29.8 Å². The lowest BCUT2D eigenvalue weighted by molar-refractivity contribution is -0.143. The molecule has 3 rings (SSSR count). The first kappa shape index (κ1) is 25.8. The summed E-state index contributed by atoms with van der Waals surface area (Å²) in [7, 11) is 1.40. The summed E-state index contributed by atoms with van der Waals surface area (Å²) >= 11 is 1.58. The first-order valence-electron chi connectivity index (χ1n) is 11.2. The molecule has 1 aliphatic heterocycles. The van der Waals surface area contributed by atoms with E-state index in [9.17, 15) is 19.5 Å². The quantitative estimate of drug-likeness (QED) is 0.492. The van der Waals surface area contributed by atoms with Gasteiger partial charge in [0.15, 0.2) is 0 Å². The van der Waals surface area contributed by atoms with Crippen molar-refractivity contribution in [1.82, 2.24) is 20.5 Å². The molecule has 184 valence electrons. The fraction of sp³-hybridized carbons (Fsp3) is 0.500. The number of methoxy groups -OCH3 is 1. The number of aromatic nitrogens is 1. The van der Waals surface area contributed by atoms with E-state index in [2.05, 4.69) is 15.6 Å². The highest BCUT2D eigenvalue weighted by atomic mass is 32.1. The maximum Gasteiger partial charge on any atom is 0.246 e. The van der Waals surface area contributed by atoms with Gasteiger partial charge in [-0.05, 0) is 24.0 Å². The van der Waals surface area contributed by atoms with E-state index in [0.717, 1.165) is 21.7 Å². The van der Waals surface area contributed by atoms with Gasteiger partial charge in [-0.1, -0.05) is 38.1 Å². The second-order valence-corrected chi connectivity index (χ2v) is 9.65. The van der Waals surface area contributed by atoms with Crippen LogP contribution in [0.4, 0.5) is 0 Å². The van der Waals surface area contributed by atoms with Gasteiger partial charge in [0.2, 0.25) is 17.7 Å². The molecule has 10 heteroatoms. The number of carbonyl (C=O) groups is 3. The first-order chi connectivity index (χ1) is 16.2. The number of thiazole rings is 1. The molecule has 2 heterocycles. The van der Waals surface area contributed by atoms with E-state index < -0.39 is 24.1 Å². The smallest absolute Gasteiger partial charge is 0.246 e. The number of nitrogens with one attached hydrogen (secondary N) is 2. The number of likely N-dealkylation sites (tertiary alicyclic amines) is 1. The second-order valence-electron chi connectivity index (χ2n) is 8.80. The Hall–Kier alpha value is -2.82. The van der Waals surface area contributed by atoms with Crippen LogP contribution in [0.2, 0.25) is 0 Å². The lowest BCUT2D eigenvalue weighted by atomic mass is 10.0. The third-order valence-electron chi connectivity index (χ3n) is 5.82. The Labute approximate surface area is 203 Å². The van der Waals surface area contributed by atoms with Crippen molar-refractivity contribution in [1.29, 1.82) is 0 Å². The van der Waals surface area contributed by atoms with Gasteiger partial charge in [0.25, 0.3) is 0 Å². The Morgan fingerprint density at radius 1 is 1.26 bits per heavy atom. The maximum atomic E-state index is 13.2. The minimum Gasteiger partial charge on any atom is -0.391 e. The van der Waals surface area contributed by atoms with Gasteiger partial charge in [-0.25, -0.2) is 4.98 Å². The van der Waals surface area contributed by atoms with Gasteiger partial charge in [-0.2, -0.15) is 0 Å². The molecule has 9 nitrogen and oxygen atoms in total. The molecule has 3 N–H and O–H groups in total. The first-order valence-corrected chi connectivity index (χ1v) is 12.1. The number of β-amino-alcohol motifs (C(OH)–C–C–N with tert-alkyl or cyclic N) is 1. The van der Waals surface area contributed by atoms with Crippen LogP contribution in [-0.4, -0.2) is 71.2 Å². The summed E-state index contributed by atoms with van der Waals surface area (Å²) in [6.07, 6.45) is -0.651. The Bertz CT molecular complexity index is 1010. The number of rotatable bonds is 9. The fourth-order valence-electron chi connectivity index (χ4n) is 4.00. The number of hydrogen-bond acceptors (Lipinski definition) is 7.